The van der Waals surface area contributed by atoms with Gasteiger partial charge in [-0.2, -0.15) is 4.98 Å². The Morgan fingerprint density at radius 2 is 1.83 bits per heavy atom. The zero-order valence-corrected chi connectivity index (χ0v) is 14.7. The van der Waals surface area contributed by atoms with E-state index in [2.05, 4.69) is 42.6 Å². The van der Waals surface area contributed by atoms with Crippen molar-refractivity contribution in [3.63, 3.8) is 0 Å². The van der Waals surface area contributed by atoms with Crippen LogP contribution in [0.25, 0.3) is 0 Å². The molecule has 0 unspecified atom stereocenters. The highest BCUT2D eigenvalue weighted by atomic mass is 79.9. The van der Waals surface area contributed by atoms with Gasteiger partial charge in [0, 0.05) is 30.7 Å². The first-order valence-electron chi connectivity index (χ1n) is 7.68. The van der Waals surface area contributed by atoms with E-state index in [4.69, 9.17) is 10.5 Å². The van der Waals surface area contributed by atoms with Crippen LogP contribution in [0.15, 0.2) is 35.1 Å². The van der Waals surface area contributed by atoms with Crippen LogP contribution in [0, 0.1) is 0 Å². The third-order valence-electron chi connectivity index (χ3n) is 3.97. The van der Waals surface area contributed by atoms with Gasteiger partial charge in [0.05, 0.1) is 0 Å². The summed E-state index contributed by atoms with van der Waals surface area (Å²) in [5.74, 6) is 1.85. The summed E-state index contributed by atoms with van der Waals surface area (Å²) < 4.78 is 6.80. The summed E-state index contributed by atoms with van der Waals surface area (Å²) in [7, 11) is 0. The number of hydrogen-bond acceptors (Lipinski definition) is 6. The molecular weight excluding hydrogens is 358 g/mol. The van der Waals surface area contributed by atoms with Crippen molar-refractivity contribution in [1.82, 2.24) is 14.9 Å². The quantitative estimate of drug-likeness (QED) is 0.883. The second-order valence-electron chi connectivity index (χ2n) is 5.39. The van der Waals surface area contributed by atoms with E-state index in [1.54, 1.807) is 0 Å². The number of aromatic nitrogens is 2. The third kappa shape index (κ3) is 3.73. The molecule has 1 saturated heterocycles. The molecule has 122 valence electrons. The van der Waals surface area contributed by atoms with Crippen molar-refractivity contribution in [3.05, 3.63) is 35.1 Å². The number of anilines is 2. The normalized spacial score (nSPS) is 15.7. The maximum atomic E-state index is 6.24. The zero-order valence-electron chi connectivity index (χ0n) is 13.1. The average Bonchev–Trinajstić information content (AvgIpc) is 2.59. The van der Waals surface area contributed by atoms with E-state index in [1.807, 2.05) is 24.3 Å². The lowest BCUT2D eigenvalue weighted by Crippen LogP contribution is -2.46. The molecule has 0 amide bonds. The van der Waals surface area contributed by atoms with E-state index >= 15 is 0 Å². The number of piperazine rings is 1. The molecule has 1 fully saturated rings. The van der Waals surface area contributed by atoms with Gasteiger partial charge in [0.2, 0.25) is 5.88 Å². The summed E-state index contributed by atoms with van der Waals surface area (Å²) in [5, 5.41) is 0. The van der Waals surface area contributed by atoms with Crippen LogP contribution in [0.3, 0.4) is 0 Å². The molecule has 1 aromatic carbocycles. The van der Waals surface area contributed by atoms with E-state index in [1.165, 1.54) is 6.33 Å². The molecule has 0 radical (unpaired) electrons. The van der Waals surface area contributed by atoms with Gasteiger partial charge in [-0.05, 0) is 30.8 Å². The minimum atomic E-state index is 0.398. The second-order valence-corrected chi connectivity index (χ2v) is 6.31. The van der Waals surface area contributed by atoms with Gasteiger partial charge in [-0.15, -0.1) is 0 Å². The number of rotatable bonds is 4. The highest BCUT2D eigenvalue weighted by molar-refractivity contribution is 9.10. The van der Waals surface area contributed by atoms with Crippen molar-refractivity contribution < 1.29 is 4.74 Å². The summed E-state index contributed by atoms with van der Waals surface area (Å²) in [6.45, 7) is 7.11. The van der Waals surface area contributed by atoms with Crippen LogP contribution in [0.5, 0.6) is 11.6 Å². The van der Waals surface area contributed by atoms with Gasteiger partial charge in [-0.25, -0.2) is 4.98 Å². The SMILES string of the molecule is CCN1CCN(c2ncnc(Oc3ccc(Br)cc3)c2N)CC1. The van der Waals surface area contributed by atoms with Crippen molar-refractivity contribution in [2.24, 2.45) is 0 Å². The van der Waals surface area contributed by atoms with Crippen LogP contribution in [0.4, 0.5) is 11.5 Å². The Labute approximate surface area is 144 Å². The number of nitrogens with zero attached hydrogens (tertiary/aromatic N) is 4. The number of hydrogen-bond donors (Lipinski definition) is 1. The topological polar surface area (TPSA) is 67.5 Å². The van der Waals surface area contributed by atoms with Gasteiger partial charge in [0.25, 0.3) is 0 Å². The molecule has 0 bridgehead atoms. The lowest BCUT2D eigenvalue weighted by Gasteiger charge is -2.35. The lowest BCUT2D eigenvalue weighted by atomic mass is 10.3. The lowest BCUT2D eigenvalue weighted by molar-refractivity contribution is 0.270. The molecule has 0 spiro atoms. The summed E-state index contributed by atoms with van der Waals surface area (Å²) in [6, 6.07) is 7.56. The molecule has 1 aliphatic rings. The predicted molar refractivity (Wildman–Crippen MR) is 95.0 cm³/mol. The molecule has 7 heteroatoms. The summed E-state index contributed by atoms with van der Waals surface area (Å²) in [4.78, 5) is 13.1. The van der Waals surface area contributed by atoms with Gasteiger partial charge < -0.3 is 20.3 Å². The Bertz CT molecular complexity index is 656. The number of ether oxygens (including phenoxy) is 1. The summed E-state index contributed by atoms with van der Waals surface area (Å²) >= 11 is 3.40. The van der Waals surface area contributed by atoms with E-state index in [0.29, 0.717) is 17.3 Å². The fourth-order valence-electron chi connectivity index (χ4n) is 2.59. The Morgan fingerprint density at radius 1 is 1.13 bits per heavy atom. The summed E-state index contributed by atoms with van der Waals surface area (Å²) in [5.41, 5.74) is 6.73. The molecule has 2 aromatic rings. The van der Waals surface area contributed by atoms with Gasteiger partial charge in [-0.3, -0.25) is 0 Å². The minimum absolute atomic E-state index is 0.398. The zero-order chi connectivity index (χ0) is 16.2. The summed E-state index contributed by atoms with van der Waals surface area (Å²) in [6.07, 6.45) is 1.51. The molecule has 0 aliphatic carbocycles. The first-order valence-corrected chi connectivity index (χ1v) is 8.48. The van der Waals surface area contributed by atoms with Gasteiger partial charge in [-0.1, -0.05) is 22.9 Å². The molecular formula is C16H20BrN5O. The van der Waals surface area contributed by atoms with Gasteiger partial charge >= 0.3 is 0 Å². The molecule has 1 aromatic heterocycles. The Hall–Kier alpha value is -1.86. The van der Waals surface area contributed by atoms with E-state index in [0.717, 1.165) is 43.0 Å². The minimum Gasteiger partial charge on any atom is -0.437 e. The Morgan fingerprint density at radius 3 is 2.48 bits per heavy atom. The molecule has 0 saturated carbocycles. The van der Waals surface area contributed by atoms with Gasteiger partial charge in [0.15, 0.2) is 5.82 Å². The van der Waals surface area contributed by atoms with Crippen molar-refractivity contribution in [2.45, 2.75) is 6.92 Å². The smallest absolute Gasteiger partial charge is 0.248 e. The van der Waals surface area contributed by atoms with Crippen LogP contribution in [0.2, 0.25) is 0 Å². The van der Waals surface area contributed by atoms with E-state index in [-0.39, 0.29) is 0 Å². The number of benzene rings is 1. The number of nitrogen functional groups attached to an aromatic ring is 1. The first kappa shape index (κ1) is 16.0. The number of halogens is 1. The van der Waals surface area contributed by atoms with Crippen molar-refractivity contribution in [1.29, 1.82) is 0 Å². The van der Waals surface area contributed by atoms with E-state index in [9.17, 15) is 0 Å². The molecule has 0 atom stereocenters. The molecule has 2 heterocycles. The second kappa shape index (κ2) is 7.14. The molecule has 3 rings (SSSR count). The molecule has 1 aliphatic heterocycles. The maximum absolute atomic E-state index is 6.24. The average molecular weight is 378 g/mol. The molecule has 2 N–H and O–H groups in total. The van der Waals surface area contributed by atoms with Crippen LogP contribution >= 0.6 is 15.9 Å². The largest absolute Gasteiger partial charge is 0.437 e. The number of likely N-dealkylation sites (N-methyl/N-ethyl adjacent to an activating group) is 1. The van der Waals surface area contributed by atoms with Crippen LogP contribution in [-0.2, 0) is 0 Å². The standard InChI is InChI=1S/C16H20BrN5O/c1-2-21-7-9-22(10-8-21)15-14(18)16(20-11-19-15)23-13-5-3-12(17)4-6-13/h3-6,11H,2,7-10,18H2,1H3. The predicted octanol–water partition coefficient (Wildman–Crippen LogP) is 2.76. The van der Waals surface area contributed by atoms with Gasteiger partial charge in [0.1, 0.15) is 17.8 Å². The molecule has 6 nitrogen and oxygen atoms in total. The van der Waals surface area contributed by atoms with Crippen molar-refractivity contribution in [3.8, 4) is 11.6 Å². The number of nitrogens with two attached hydrogens (primary N) is 1. The van der Waals surface area contributed by atoms with Crippen LogP contribution in [0.1, 0.15) is 6.92 Å². The molecule has 23 heavy (non-hydrogen) atoms. The van der Waals surface area contributed by atoms with Crippen LogP contribution < -0.4 is 15.4 Å². The van der Waals surface area contributed by atoms with E-state index < -0.39 is 0 Å². The Balaban J connectivity index is 1.77. The fraction of sp³-hybridized carbons (Fsp3) is 0.375. The third-order valence-corrected chi connectivity index (χ3v) is 4.50. The van der Waals surface area contributed by atoms with Crippen molar-refractivity contribution in [2.75, 3.05) is 43.4 Å². The van der Waals surface area contributed by atoms with Crippen LogP contribution in [-0.4, -0.2) is 47.6 Å². The Kier molecular flexibility index (Phi) is 4.97. The monoisotopic (exact) mass is 377 g/mol. The fourth-order valence-corrected chi connectivity index (χ4v) is 2.86. The maximum Gasteiger partial charge on any atom is 0.248 e. The van der Waals surface area contributed by atoms with Crippen molar-refractivity contribution >= 4 is 27.4 Å². The first-order chi connectivity index (χ1) is 11.2. The highest BCUT2D eigenvalue weighted by Gasteiger charge is 2.21. The highest BCUT2D eigenvalue weighted by Crippen LogP contribution is 2.32.